The molecule has 11 heteroatoms. The maximum atomic E-state index is 13.4. The van der Waals surface area contributed by atoms with Gasteiger partial charge in [-0.25, -0.2) is 27.5 Å². The Morgan fingerprint density at radius 3 is 2.75 bits per heavy atom. The van der Waals surface area contributed by atoms with Gasteiger partial charge < -0.3 is 19.7 Å². The molecule has 152 valence electrons. The highest BCUT2D eigenvalue weighted by molar-refractivity contribution is 7.89. The van der Waals surface area contributed by atoms with E-state index in [-0.39, 0.29) is 23.7 Å². The molecule has 28 heavy (non-hydrogen) atoms. The van der Waals surface area contributed by atoms with Crippen LogP contribution in [0.4, 0.5) is 16.0 Å². The summed E-state index contributed by atoms with van der Waals surface area (Å²) < 4.78 is 51.0. The quantitative estimate of drug-likeness (QED) is 0.616. The van der Waals surface area contributed by atoms with Crippen molar-refractivity contribution < 1.29 is 22.3 Å². The highest BCUT2D eigenvalue weighted by Gasteiger charge is 2.20. The Bertz CT molecular complexity index is 906. The van der Waals surface area contributed by atoms with E-state index in [9.17, 15) is 12.8 Å². The van der Waals surface area contributed by atoms with Gasteiger partial charge in [0.15, 0.2) is 0 Å². The third-order valence-corrected chi connectivity index (χ3v) is 5.61. The normalized spacial score (nSPS) is 14.7. The first-order valence-corrected chi connectivity index (χ1v) is 10.2. The molecule has 1 aromatic heterocycles. The van der Waals surface area contributed by atoms with E-state index in [0.717, 1.165) is 31.0 Å². The van der Waals surface area contributed by atoms with Crippen molar-refractivity contribution in [3.8, 4) is 5.75 Å². The predicted molar refractivity (Wildman–Crippen MR) is 102 cm³/mol. The number of nitrogens with one attached hydrogen (secondary N) is 2. The zero-order valence-electron chi connectivity index (χ0n) is 15.4. The fourth-order valence-corrected chi connectivity index (χ4v) is 3.93. The van der Waals surface area contributed by atoms with Crippen LogP contribution in [0.1, 0.15) is 0 Å². The molecular formula is C17H22FN5O4S. The molecule has 0 bridgehead atoms. The number of ether oxygens (including phenoxy) is 2. The number of hydrogen-bond acceptors (Lipinski definition) is 8. The molecule has 0 amide bonds. The number of methoxy groups -OCH3 is 1. The summed E-state index contributed by atoms with van der Waals surface area (Å²) in [6.07, 6.45) is 1.45. The summed E-state index contributed by atoms with van der Waals surface area (Å²) in [5, 5.41) is 3.05. The second-order valence-corrected chi connectivity index (χ2v) is 7.72. The molecule has 0 aliphatic carbocycles. The molecule has 1 aliphatic rings. The summed E-state index contributed by atoms with van der Waals surface area (Å²) in [5.74, 6) is 0.786. The highest BCUT2D eigenvalue weighted by Crippen LogP contribution is 2.24. The van der Waals surface area contributed by atoms with Gasteiger partial charge in [-0.15, -0.1) is 0 Å². The van der Waals surface area contributed by atoms with E-state index >= 15 is 0 Å². The van der Waals surface area contributed by atoms with E-state index in [0.29, 0.717) is 19.0 Å². The van der Waals surface area contributed by atoms with Crippen molar-refractivity contribution in [1.29, 1.82) is 0 Å². The van der Waals surface area contributed by atoms with E-state index in [2.05, 4.69) is 24.9 Å². The molecule has 0 spiro atoms. The monoisotopic (exact) mass is 411 g/mol. The van der Waals surface area contributed by atoms with Crippen LogP contribution in [-0.4, -0.2) is 64.9 Å². The molecule has 0 unspecified atom stereocenters. The first kappa shape index (κ1) is 20.2. The molecule has 2 heterocycles. The van der Waals surface area contributed by atoms with Crippen molar-refractivity contribution in [2.45, 2.75) is 4.90 Å². The summed E-state index contributed by atoms with van der Waals surface area (Å²) in [6, 6.07) is 5.14. The van der Waals surface area contributed by atoms with Crippen LogP contribution in [0.2, 0.25) is 0 Å². The molecule has 2 N–H and O–H groups in total. The third-order valence-electron chi connectivity index (χ3n) is 4.13. The zero-order chi connectivity index (χ0) is 20.0. The molecule has 9 nitrogen and oxygen atoms in total. The molecular weight excluding hydrogens is 389 g/mol. The number of sulfonamides is 1. The minimum Gasteiger partial charge on any atom is -0.495 e. The third kappa shape index (κ3) is 5.06. The second kappa shape index (κ2) is 9.13. The summed E-state index contributed by atoms with van der Waals surface area (Å²) in [7, 11) is -2.59. The minimum atomic E-state index is -3.92. The Hall–Kier alpha value is -2.50. The first-order chi connectivity index (χ1) is 13.5. The van der Waals surface area contributed by atoms with Gasteiger partial charge in [0.2, 0.25) is 10.0 Å². The Labute approximate surface area is 162 Å². The van der Waals surface area contributed by atoms with Crippen molar-refractivity contribution in [2.75, 3.05) is 56.7 Å². The lowest BCUT2D eigenvalue weighted by molar-refractivity contribution is 0.122. The SMILES string of the molecule is COc1ccc(F)cc1S(=O)(=O)NCCNc1cc(N2CCOCC2)ncn1. The van der Waals surface area contributed by atoms with E-state index in [1.54, 1.807) is 6.07 Å². The standard InChI is InChI=1S/C17H22FN5O4S/c1-26-14-3-2-13(18)10-15(14)28(24,25)22-5-4-19-16-11-17(21-12-20-16)23-6-8-27-9-7-23/h2-3,10-12,22H,4-9H2,1H3,(H,19,20,21). The Balaban J connectivity index is 1.56. The van der Waals surface area contributed by atoms with E-state index in [1.165, 1.54) is 19.5 Å². The summed E-state index contributed by atoms with van der Waals surface area (Å²) in [6.45, 7) is 3.18. The van der Waals surface area contributed by atoms with Gasteiger partial charge in [0.05, 0.1) is 20.3 Å². The number of nitrogens with zero attached hydrogens (tertiary/aromatic N) is 3. The molecule has 1 aliphatic heterocycles. The molecule has 0 atom stereocenters. The van der Waals surface area contributed by atoms with Crippen molar-refractivity contribution in [1.82, 2.24) is 14.7 Å². The Kier molecular flexibility index (Phi) is 6.60. The fourth-order valence-electron chi connectivity index (χ4n) is 2.72. The van der Waals surface area contributed by atoms with Crippen LogP contribution in [0.25, 0.3) is 0 Å². The summed E-state index contributed by atoms with van der Waals surface area (Å²) in [5.41, 5.74) is 0. The van der Waals surface area contributed by atoms with Gasteiger partial charge in [-0.05, 0) is 18.2 Å². The first-order valence-electron chi connectivity index (χ1n) is 8.71. The number of benzene rings is 1. The lowest BCUT2D eigenvalue weighted by atomic mass is 10.3. The average Bonchev–Trinajstić information content (AvgIpc) is 2.72. The summed E-state index contributed by atoms with van der Waals surface area (Å²) in [4.78, 5) is 10.2. The van der Waals surface area contributed by atoms with Gasteiger partial charge in [0, 0.05) is 32.2 Å². The van der Waals surface area contributed by atoms with Crippen LogP contribution in [0, 0.1) is 5.82 Å². The number of halogens is 1. The molecule has 2 aromatic rings. The number of aromatic nitrogens is 2. The number of morpholine rings is 1. The molecule has 0 radical (unpaired) electrons. The number of rotatable bonds is 8. The number of hydrogen-bond donors (Lipinski definition) is 2. The fraction of sp³-hybridized carbons (Fsp3) is 0.412. The lowest BCUT2D eigenvalue weighted by Gasteiger charge is -2.27. The maximum absolute atomic E-state index is 13.4. The maximum Gasteiger partial charge on any atom is 0.244 e. The second-order valence-electron chi connectivity index (χ2n) is 5.98. The smallest absolute Gasteiger partial charge is 0.244 e. The van der Waals surface area contributed by atoms with Crippen molar-refractivity contribution in [3.63, 3.8) is 0 Å². The van der Waals surface area contributed by atoms with Gasteiger partial charge in [-0.2, -0.15) is 0 Å². The van der Waals surface area contributed by atoms with Crippen LogP contribution in [0.5, 0.6) is 5.75 Å². The largest absolute Gasteiger partial charge is 0.495 e. The van der Waals surface area contributed by atoms with Gasteiger partial charge in [-0.1, -0.05) is 0 Å². The van der Waals surface area contributed by atoms with E-state index in [1.807, 2.05) is 0 Å². The van der Waals surface area contributed by atoms with E-state index in [4.69, 9.17) is 9.47 Å². The van der Waals surface area contributed by atoms with Crippen molar-refractivity contribution >= 4 is 21.7 Å². The highest BCUT2D eigenvalue weighted by atomic mass is 32.2. The van der Waals surface area contributed by atoms with Gasteiger partial charge in [0.25, 0.3) is 0 Å². The predicted octanol–water partition coefficient (Wildman–Crippen LogP) is 0.851. The topological polar surface area (TPSA) is 106 Å². The molecule has 3 rings (SSSR count). The van der Waals surface area contributed by atoms with Gasteiger partial charge in [-0.3, -0.25) is 0 Å². The van der Waals surface area contributed by atoms with Crippen LogP contribution in [-0.2, 0) is 14.8 Å². The molecule has 1 saturated heterocycles. The van der Waals surface area contributed by atoms with Gasteiger partial charge in [0.1, 0.15) is 34.4 Å². The van der Waals surface area contributed by atoms with Crippen LogP contribution in [0.3, 0.4) is 0 Å². The van der Waals surface area contributed by atoms with Crippen LogP contribution >= 0.6 is 0 Å². The van der Waals surface area contributed by atoms with Crippen molar-refractivity contribution in [3.05, 3.63) is 36.4 Å². The van der Waals surface area contributed by atoms with Crippen LogP contribution in [0.15, 0.2) is 35.5 Å². The van der Waals surface area contributed by atoms with Crippen LogP contribution < -0.4 is 19.7 Å². The Morgan fingerprint density at radius 1 is 1.21 bits per heavy atom. The molecule has 0 saturated carbocycles. The van der Waals surface area contributed by atoms with Gasteiger partial charge >= 0.3 is 0 Å². The van der Waals surface area contributed by atoms with Crippen molar-refractivity contribution in [2.24, 2.45) is 0 Å². The minimum absolute atomic E-state index is 0.0767. The molecule has 1 aromatic carbocycles. The summed E-state index contributed by atoms with van der Waals surface area (Å²) >= 11 is 0. The van der Waals surface area contributed by atoms with E-state index < -0.39 is 15.8 Å². The Morgan fingerprint density at radius 2 is 2.00 bits per heavy atom. The average molecular weight is 411 g/mol. The molecule has 1 fully saturated rings. The zero-order valence-corrected chi connectivity index (χ0v) is 16.2. The lowest BCUT2D eigenvalue weighted by Crippen LogP contribution is -2.36. The number of anilines is 2.